The topological polar surface area (TPSA) is 86.3 Å². The van der Waals surface area contributed by atoms with E-state index in [1.54, 1.807) is 11.2 Å². The Morgan fingerprint density at radius 2 is 2.17 bits per heavy atom. The van der Waals surface area contributed by atoms with Crippen molar-refractivity contribution < 1.29 is 22.8 Å². The second-order valence-electron chi connectivity index (χ2n) is 6.93. The second kappa shape index (κ2) is 7.98. The van der Waals surface area contributed by atoms with Crippen molar-refractivity contribution in [2.24, 2.45) is 7.05 Å². The summed E-state index contributed by atoms with van der Waals surface area (Å²) >= 11 is 0. The van der Waals surface area contributed by atoms with Gasteiger partial charge in [-0.25, -0.2) is 8.78 Å². The molecule has 3 heterocycles. The maximum atomic E-state index is 13.2. The van der Waals surface area contributed by atoms with E-state index in [0.717, 1.165) is 30.8 Å². The first-order valence-corrected chi connectivity index (χ1v) is 9.18. The molecule has 1 fully saturated rings. The minimum Gasteiger partial charge on any atom is -0.485 e. The van der Waals surface area contributed by atoms with E-state index < -0.39 is 11.6 Å². The number of likely N-dealkylation sites (tertiary alicyclic amines) is 1. The summed E-state index contributed by atoms with van der Waals surface area (Å²) in [5, 5.41) is 11.9. The van der Waals surface area contributed by atoms with Crippen molar-refractivity contribution in [2.45, 2.75) is 25.4 Å². The third kappa shape index (κ3) is 4.10. The van der Waals surface area contributed by atoms with Crippen LogP contribution in [0.3, 0.4) is 0 Å². The maximum absolute atomic E-state index is 13.2. The quantitative estimate of drug-likeness (QED) is 0.651. The fourth-order valence-corrected chi connectivity index (χ4v) is 3.40. The van der Waals surface area contributed by atoms with Gasteiger partial charge < -0.3 is 18.7 Å². The second-order valence-corrected chi connectivity index (χ2v) is 6.93. The lowest BCUT2D eigenvalue weighted by Gasteiger charge is -2.31. The smallest absolute Gasteiger partial charge is 0.276 e. The molecule has 152 valence electrons. The van der Waals surface area contributed by atoms with Gasteiger partial charge in [0.2, 0.25) is 0 Å². The van der Waals surface area contributed by atoms with Gasteiger partial charge in [-0.15, -0.1) is 10.2 Å². The number of ether oxygens (including phenoxy) is 1. The first kappa shape index (κ1) is 19.0. The molecular formula is C19H19F2N5O3. The van der Waals surface area contributed by atoms with Gasteiger partial charge in [0.05, 0.1) is 0 Å². The van der Waals surface area contributed by atoms with Gasteiger partial charge in [-0.05, 0) is 25.0 Å². The Morgan fingerprint density at radius 3 is 2.93 bits per heavy atom. The third-order valence-electron chi connectivity index (χ3n) is 4.87. The highest BCUT2D eigenvalue weighted by Crippen LogP contribution is 2.26. The molecule has 0 saturated carbocycles. The van der Waals surface area contributed by atoms with Crippen molar-refractivity contribution >= 4 is 5.91 Å². The first-order valence-electron chi connectivity index (χ1n) is 9.18. The number of aromatic nitrogens is 4. The number of aryl methyl sites for hydroxylation is 1. The molecule has 1 aromatic carbocycles. The summed E-state index contributed by atoms with van der Waals surface area (Å²) in [6.45, 7) is 1.09. The zero-order valence-corrected chi connectivity index (χ0v) is 15.7. The predicted octanol–water partition coefficient (Wildman–Crippen LogP) is 2.68. The van der Waals surface area contributed by atoms with Crippen LogP contribution in [0, 0.1) is 11.6 Å². The lowest BCUT2D eigenvalue weighted by molar-refractivity contribution is 0.0692. The van der Waals surface area contributed by atoms with E-state index in [-0.39, 0.29) is 29.9 Å². The molecule has 8 nitrogen and oxygen atoms in total. The van der Waals surface area contributed by atoms with Crippen molar-refractivity contribution in [3.05, 3.63) is 59.5 Å². The Labute approximate surface area is 165 Å². The van der Waals surface area contributed by atoms with Crippen LogP contribution >= 0.6 is 0 Å². The maximum Gasteiger partial charge on any atom is 0.276 e. The van der Waals surface area contributed by atoms with Crippen LogP contribution in [-0.2, 0) is 13.7 Å². The van der Waals surface area contributed by atoms with Crippen LogP contribution in [0.4, 0.5) is 8.78 Å². The lowest BCUT2D eigenvalue weighted by atomic mass is 9.97. The van der Waals surface area contributed by atoms with Gasteiger partial charge in [0.1, 0.15) is 24.5 Å². The number of benzene rings is 1. The molecule has 1 aliphatic rings. The molecule has 0 N–H and O–H groups in total. The summed E-state index contributed by atoms with van der Waals surface area (Å²) in [6, 6.07) is 4.72. The normalized spacial score (nSPS) is 16.8. The fraction of sp³-hybridized carbons (Fsp3) is 0.368. The molecule has 1 saturated heterocycles. The number of hydrogen-bond donors (Lipinski definition) is 0. The fourth-order valence-electron chi connectivity index (χ4n) is 3.40. The summed E-state index contributed by atoms with van der Waals surface area (Å²) in [5.74, 6) is -0.772. The SMILES string of the molecule is Cn1cnnc1[C@@H]1CCCN(C(=O)c2cc(COc3ccc(F)c(F)c3)on2)C1. The molecule has 1 atom stereocenters. The molecule has 0 spiro atoms. The Kier molecular flexibility index (Phi) is 5.24. The molecule has 10 heteroatoms. The molecule has 0 unspecified atom stereocenters. The first-order chi connectivity index (χ1) is 14.0. The van der Waals surface area contributed by atoms with Gasteiger partial charge in [-0.1, -0.05) is 5.16 Å². The van der Waals surface area contributed by atoms with Crippen LogP contribution in [0.25, 0.3) is 0 Å². The summed E-state index contributed by atoms with van der Waals surface area (Å²) in [6.07, 6.45) is 3.43. The molecule has 0 bridgehead atoms. The molecule has 1 aliphatic heterocycles. The highest BCUT2D eigenvalue weighted by Gasteiger charge is 2.29. The Balaban J connectivity index is 1.38. The number of carbonyl (C=O) groups is 1. The van der Waals surface area contributed by atoms with Crippen molar-refractivity contribution in [3.8, 4) is 5.75 Å². The average molecular weight is 403 g/mol. The predicted molar refractivity (Wildman–Crippen MR) is 96.1 cm³/mol. The molecule has 0 radical (unpaired) electrons. The number of nitrogens with zero attached hydrogens (tertiary/aromatic N) is 5. The molecule has 29 heavy (non-hydrogen) atoms. The minimum absolute atomic E-state index is 0.0626. The summed E-state index contributed by atoms with van der Waals surface area (Å²) in [4.78, 5) is 14.5. The van der Waals surface area contributed by atoms with Gasteiger partial charge in [-0.3, -0.25) is 4.79 Å². The number of piperidine rings is 1. The monoisotopic (exact) mass is 403 g/mol. The van der Waals surface area contributed by atoms with Crippen molar-refractivity contribution in [2.75, 3.05) is 13.1 Å². The minimum atomic E-state index is -1.00. The van der Waals surface area contributed by atoms with Crippen LogP contribution in [0.15, 0.2) is 35.1 Å². The Hall–Kier alpha value is -3.30. The number of hydrogen-bond acceptors (Lipinski definition) is 6. The van der Waals surface area contributed by atoms with Gasteiger partial charge in [0.15, 0.2) is 23.1 Å². The Morgan fingerprint density at radius 1 is 1.31 bits per heavy atom. The number of halogens is 2. The van der Waals surface area contributed by atoms with Crippen LogP contribution in [0.2, 0.25) is 0 Å². The van der Waals surface area contributed by atoms with Crippen LogP contribution in [0.5, 0.6) is 5.75 Å². The zero-order valence-electron chi connectivity index (χ0n) is 15.7. The van der Waals surface area contributed by atoms with Crippen LogP contribution < -0.4 is 4.74 Å². The van der Waals surface area contributed by atoms with Crippen molar-refractivity contribution in [1.29, 1.82) is 0 Å². The largest absolute Gasteiger partial charge is 0.485 e. The molecular weight excluding hydrogens is 384 g/mol. The number of carbonyl (C=O) groups excluding carboxylic acids is 1. The van der Waals surface area contributed by atoms with Gasteiger partial charge in [0, 0.05) is 38.2 Å². The molecule has 4 rings (SSSR count). The zero-order chi connectivity index (χ0) is 20.4. The van der Waals surface area contributed by atoms with E-state index in [4.69, 9.17) is 9.26 Å². The lowest BCUT2D eigenvalue weighted by Crippen LogP contribution is -2.39. The highest BCUT2D eigenvalue weighted by molar-refractivity contribution is 5.92. The van der Waals surface area contributed by atoms with E-state index in [9.17, 15) is 13.6 Å². The highest BCUT2D eigenvalue weighted by atomic mass is 19.2. The summed E-state index contributed by atoms with van der Waals surface area (Å²) in [7, 11) is 1.88. The van der Waals surface area contributed by atoms with E-state index in [1.165, 1.54) is 12.1 Å². The van der Waals surface area contributed by atoms with Gasteiger partial charge >= 0.3 is 0 Å². The van der Waals surface area contributed by atoms with Crippen molar-refractivity contribution in [3.63, 3.8) is 0 Å². The molecule has 3 aromatic rings. The molecule has 0 aliphatic carbocycles. The number of amides is 1. The van der Waals surface area contributed by atoms with Crippen LogP contribution in [-0.4, -0.2) is 43.8 Å². The Bertz CT molecular complexity index is 1020. The van der Waals surface area contributed by atoms with E-state index in [2.05, 4.69) is 15.4 Å². The van der Waals surface area contributed by atoms with E-state index in [1.807, 2.05) is 11.6 Å². The molecule has 1 amide bonds. The standard InChI is InChI=1S/C19H19F2N5O3/c1-25-11-22-23-18(25)12-3-2-6-26(9-12)19(27)17-8-14(29-24-17)10-28-13-4-5-15(20)16(21)7-13/h4-5,7-8,11-12H,2-3,6,9-10H2,1H3/t12-/m1/s1. The van der Waals surface area contributed by atoms with Crippen LogP contribution in [0.1, 0.15) is 40.8 Å². The van der Waals surface area contributed by atoms with Crippen molar-refractivity contribution in [1.82, 2.24) is 24.8 Å². The molecule has 2 aromatic heterocycles. The third-order valence-corrected chi connectivity index (χ3v) is 4.87. The number of rotatable bonds is 5. The summed E-state index contributed by atoms with van der Waals surface area (Å²) < 4.78 is 38.6. The van der Waals surface area contributed by atoms with Gasteiger partial charge in [-0.2, -0.15) is 0 Å². The van der Waals surface area contributed by atoms with E-state index in [0.29, 0.717) is 18.8 Å². The van der Waals surface area contributed by atoms with Gasteiger partial charge in [0.25, 0.3) is 5.91 Å². The average Bonchev–Trinajstić information content (AvgIpc) is 3.37. The van der Waals surface area contributed by atoms with E-state index >= 15 is 0 Å². The summed E-state index contributed by atoms with van der Waals surface area (Å²) in [5.41, 5.74) is 0.174.